The molecule has 1 aromatic rings. The van der Waals surface area contributed by atoms with Crippen molar-refractivity contribution in [1.29, 1.82) is 0 Å². The van der Waals surface area contributed by atoms with Crippen molar-refractivity contribution in [2.75, 3.05) is 5.33 Å². The maximum absolute atomic E-state index is 3.71. The van der Waals surface area contributed by atoms with E-state index in [0.717, 1.165) is 22.9 Å². The first kappa shape index (κ1) is 10.1. The number of benzene rings is 1. The van der Waals surface area contributed by atoms with E-state index >= 15 is 0 Å². The van der Waals surface area contributed by atoms with Gasteiger partial charge in [-0.2, -0.15) is 0 Å². The minimum absolute atomic E-state index is 0.887. The van der Waals surface area contributed by atoms with E-state index in [1.165, 1.54) is 0 Å². The molecule has 0 aliphatic heterocycles. The SMILES string of the molecule is C=Cc1cccc(C#CCCBr)c1. The Morgan fingerprint density at radius 1 is 1.46 bits per heavy atom. The van der Waals surface area contributed by atoms with Crippen LogP contribution in [0.25, 0.3) is 6.08 Å². The number of halogens is 1. The highest BCUT2D eigenvalue weighted by Gasteiger charge is 1.87. The zero-order valence-electron chi connectivity index (χ0n) is 7.39. The molecule has 1 heteroatoms. The molecule has 0 bridgehead atoms. The third kappa shape index (κ3) is 3.48. The van der Waals surface area contributed by atoms with Crippen molar-refractivity contribution < 1.29 is 0 Å². The van der Waals surface area contributed by atoms with Crippen molar-refractivity contribution in [1.82, 2.24) is 0 Å². The largest absolute Gasteiger partial charge is 0.0985 e. The lowest BCUT2D eigenvalue weighted by Gasteiger charge is -1.92. The Kier molecular flexibility index (Phi) is 4.35. The normalized spacial score (nSPS) is 8.69. The zero-order chi connectivity index (χ0) is 9.52. The molecule has 0 saturated heterocycles. The van der Waals surface area contributed by atoms with Gasteiger partial charge in [-0.3, -0.25) is 0 Å². The molecule has 0 fully saturated rings. The van der Waals surface area contributed by atoms with E-state index in [1.54, 1.807) is 0 Å². The molecule has 0 amide bonds. The maximum Gasteiger partial charge on any atom is 0.0251 e. The molecule has 0 radical (unpaired) electrons. The van der Waals surface area contributed by atoms with Gasteiger partial charge in [0.05, 0.1) is 0 Å². The Balaban J connectivity index is 2.79. The van der Waals surface area contributed by atoms with Crippen molar-refractivity contribution in [2.45, 2.75) is 6.42 Å². The van der Waals surface area contributed by atoms with Gasteiger partial charge in [0.25, 0.3) is 0 Å². The number of rotatable bonds is 2. The van der Waals surface area contributed by atoms with Crippen molar-refractivity contribution in [3.8, 4) is 11.8 Å². The van der Waals surface area contributed by atoms with Gasteiger partial charge in [0.1, 0.15) is 0 Å². The minimum atomic E-state index is 0.887. The lowest BCUT2D eigenvalue weighted by Crippen LogP contribution is -1.76. The monoisotopic (exact) mass is 234 g/mol. The van der Waals surface area contributed by atoms with E-state index in [4.69, 9.17) is 0 Å². The standard InChI is InChI=1S/C12H11Br/c1-2-11-7-5-8-12(10-11)6-3-4-9-13/h2,5,7-8,10H,1,4,9H2. The fraction of sp³-hybridized carbons (Fsp3) is 0.167. The molecular formula is C12H11Br. The van der Waals surface area contributed by atoms with Gasteiger partial charge in [0.2, 0.25) is 0 Å². The van der Waals surface area contributed by atoms with Gasteiger partial charge in [0.15, 0.2) is 0 Å². The summed E-state index contributed by atoms with van der Waals surface area (Å²) in [4.78, 5) is 0. The summed E-state index contributed by atoms with van der Waals surface area (Å²) in [6, 6.07) is 8.06. The smallest absolute Gasteiger partial charge is 0.0251 e. The molecule has 13 heavy (non-hydrogen) atoms. The summed E-state index contributed by atoms with van der Waals surface area (Å²) in [6.45, 7) is 3.71. The molecular weight excluding hydrogens is 224 g/mol. The topological polar surface area (TPSA) is 0 Å². The molecule has 0 aliphatic carbocycles. The van der Waals surface area contributed by atoms with Crippen LogP contribution in [-0.2, 0) is 0 Å². The van der Waals surface area contributed by atoms with Gasteiger partial charge >= 0.3 is 0 Å². The predicted octanol–water partition coefficient (Wildman–Crippen LogP) is 3.47. The Morgan fingerprint density at radius 3 is 3.00 bits per heavy atom. The van der Waals surface area contributed by atoms with Gasteiger partial charge in [-0.1, -0.05) is 52.6 Å². The molecule has 0 spiro atoms. The van der Waals surface area contributed by atoms with Crippen LogP contribution in [0, 0.1) is 11.8 Å². The predicted molar refractivity (Wildman–Crippen MR) is 61.8 cm³/mol. The average molecular weight is 235 g/mol. The van der Waals surface area contributed by atoms with Crippen LogP contribution < -0.4 is 0 Å². The Hall–Kier alpha value is -1.00. The lowest BCUT2D eigenvalue weighted by molar-refractivity contribution is 1.32. The molecule has 0 aliphatic rings. The third-order valence-corrected chi connectivity index (χ3v) is 1.97. The summed E-state index contributed by atoms with van der Waals surface area (Å²) in [7, 11) is 0. The van der Waals surface area contributed by atoms with Gasteiger partial charge in [-0.05, 0) is 17.7 Å². The van der Waals surface area contributed by atoms with Crippen molar-refractivity contribution in [3.63, 3.8) is 0 Å². The van der Waals surface area contributed by atoms with E-state index in [0.29, 0.717) is 0 Å². The first-order chi connectivity index (χ1) is 6.36. The van der Waals surface area contributed by atoms with Crippen LogP contribution in [0.3, 0.4) is 0 Å². The molecule has 0 atom stereocenters. The second-order valence-corrected chi connectivity index (χ2v) is 3.36. The van der Waals surface area contributed by atoms with Crippen LogP contribution in [0.15, 0.2) is 30.8 Å². The molecule has 1 rings (SSSR count). The van der Waals surface area contributed by atoms with Crippen LogP contribution in [0.4, 0.5) is 0 Å². The lowest BCUT2D eigenvalue weighted by atomic mass is 10.1. The summed E-state index contributed by atoms with van der Waals surface area (Å²) < 4.78 is 0. The highest BCUT2D eigenvalue weighted by Crippen LogP contribution is 2.04. The summed E-state index contributed by atoms with van der Waals surface area (Å²) >= 11 is 3.33. The molecule has 0 saturated carbocycles. The average Bonchev–Trinajstić information content (AvgIpc) is 2.19. The first-order valence-electron chi connectivity index (χ1n) is 4.14. The highest BCUT2D eigenvalue weighted by molar-refractivity contribution is 9.09. The summed E-state index contributed by atoms with van der Waals surface area (Å²) in [6.07, 6.45) is 2.72. The molecule has 1 aromatic carbocycles. The van der Waals surface area contributed by atoms with Crippen molar-refractivity contribution >= 4 is 22.0 Å². The van der Waals surface area contributed by atoms with Gasteiger partial charge in [-0.15, -0.1) is 0 Å². The molecule has 0 aromatic heterocycles. The Labute approximate surface area is 87.8 Å². The van der Waals surface area contributed by atoms with Gasteiger partial charge in [-0.25, -0.2) is 0 Å². The van der Waals surface area contributed by atoms with Crippen molar-refractivity contribution in [2.24, 2.45) is 0 Å². The van der Waals surface area contributed by atoms with E-state index in [1.807, 2.05) is 30.3 Å². The first-order valence-corrected chi connectivity index (χ1v) is 5.26. The quantitative estimate of drug-likeness (QED) is 0.544. The summed E-state index contributed by atoms with van der Waals surface area (Å²) in [5, 5.41) is 0.932. The van der Waals surface area contributed by atoms with E-state index < -0.39 is 0 Å². The van der Waals surface area contributed by atoms with Crippen LogP contribution in [0.5, 0.6) is 0 Å². The third-order valence-electron chi connectivity index (χ3n) is 1.57. The molecule has 0 N–H and O–H groups in total. The summed E-state index contributed by atoms with van der Waals surface area (Å²) in [5.74, 6) is 6.16. The fourth-order valence-electron chi connectivity index (χ4n) is 0.955. The second kappa shape index (κ2) is 5.61. The van der Waals surface area contributed by atoms with Crippen molar-refractivity contribution in [3.05, 3.63) is 42.0 Å². The van der Waals surface area contributed by atoms with Gasteiger partial charge < -0.3 is 0 Å². The van der Waals surface area contributed by atoms with E-state index in [-0.39, 0.29) is 0 Å². The van der Waals surface area contributed by atoms with E-state index in [9.17, 15) is 0 Å². The Bertz CT molecular complexity index is 342. The number of alkyl halides is 1. The second-order valence-electron chi connectivity index (χ2n) is 2.57. The van der Waals surface area contributed by atoms with E-state index in [2.05, 4.69) is 34.3 Å². The van der Waals surface area contributed by atoms with Crippen LogP contribution in [0.1, 0.15) is 17.5 Å². The number of hydrogen-bond acceptors (Lipinski definition) is 0. The zero-order valence-corrected chi connectivity index (χ0v) is 8.97. The molecule has 0 heterocycles. The van der Waals surface area contributed by atoms with Gasteiger partial charge in [0, 0.05) is 17.3 Å². The van der Waals surface area contributed by atoms with Crippen LogP contribution in [-0.4, -0.2) is 5.33 Å². The fourth-order valence-corrected chi connectivity index (χ4v) is 1.15. The number of hydrogen-bond donors (Lipinski definition) is 0. The maximum atomic E-state index is 3.71. The molecule has 0 unspecified atom stereocenters. The minimum Gasteiger partial charge on any atom is -0.0985 e. The summed E-state index contributed by atoms with van der Waals surface area (Å²) in [5.41, 5.74) is 2.17. The van der Waals surface area contributed by atoms with Crippen LogP contribution in [0.2, 0.25) is 0 Å². The molecule has 66 valence electrons. The Morgan fingerprint density at radius 2 is 2.31 bits per heavy atom. The highest BCUT2D eigenvalue weighted by atomic mass is 79.9. The van der Waals surface area contributed by atoms with Crippen LogP contribution >= 0.6 is 15.9 Å². The molecule has 0 nitrogen and oxygen atoms in total.